The Hall–Kier alpha value is -2.01. The van der Waals surface area contributed by atoms with Crippen molar-refractivity contribution in [1.82, 2.24) is 4.90 Å². The van der Waals surface area contributed by atoms with Crippen LogP contribution in [0.15, 0.2) is 45.6 Å². The molecule has 5 heteroatoms. The molecule has 0 amide bonds. The molecular weight excluding hydrogens is 270 g/mol. The van der Waals surface area contributed by atoms with Gasteiger partial charge in [-0.3, -0.25) is 9.69 Å². The summed E-state index contributed by atoms with van der Waals surface area (Å²) in [7, 11) is 0. The summed E-state index contributed by atoms with van der Waals surface area (Å²) in [5.74, 6) is 1.40. The summed E-state index contributed by atoms with van der Waals surface area (Å²) in [6, 6.07) is 7.44. The molecule has 0 saturated carbocycles. The molecule has 0 saturated heterocycles. The highest BCUT2D eigenvalue weighted by atomic mass is 16.5. The van der Waals surface area contributed by atoms with E-state index in [4.69, 9.17) is 13.6 Å². The van der Waals surface area contributed by atoms with Gasteiger partial charge in [-0.1, -0.05) is 13.3 Å². The minimum absolute atomic E-state index is 0.213. The normalized spacial score (nSPS) is 11.0. The van der Waals surface area contributed by atoms with Crippen LogP contribution < -0.4 is 0 Å². The first-order valence-corrected chi connectivity index (χ1v) is 7.20. The van der Waals surface area contributed by atoms with Gasteiger partial charge in [0.1, 0.15) is 11.5 Å². The predicted molar refractivity (Wildman–Crippen MR) is 77.4 cm³/mol. The predicted octanol–water partition coefficient (Wildman–Crippen LogP) is 3.22. The van der Waals surface area contributed by atoms with Gasteiger partial charge in [0.05, 0.1) is 38.8 Å². The Morgan fingerprint density at radius 2 is 1.76 bits per heavy atom. The van der Waals surface area contributed by atoms with Gasteiger partial charge >= 0.3 is 5.97 Å². The largest absolute Gasteiger partial charge is 0.468 e. The van der Waals surface area contributed by atoms with Gasteiger partial charge in [-0.25, -0.2) is 0 Å². The monoisotopic (exact) mass is 291 g/mol. The van der Waals surface area contributed by atoms with E-state index in [1.165, 1.54) is 0 Å². The van der Waals surface area contributed by atoms with Crippen molar-refractivity contribution in [3.05, 3.63) is 48.3 Å². The third-order valence-corrected chi connectivity index (χ3v) is 3.03. The molecular formula is C16H21NO4. The molecule has 21 heavy (non-hydrogen) atoms. The van der Waals surface area contributed by atoms with Crippen molar-refractivity contribution in [3.63, 3.8) is 0 Å². The van der Waals surface area contributed by atoms with Crippen LogP contribution in [0, 0.1) is 0 Å². The lowest BCUT2D eigenvalue weighted by molar-refractivity contribution is -0.145. The van der Waals surface area contributed by atoms with E-state index in [9.17, 15) is 4.79 Å². The number of unbranched alkanes of at least 4 members (excludes halogenated alkanes) is 1. The third kappa shape index (κ3) is 5.47. The Bertz CT molecular complexity index is 468. The summed E-state index contributed by atoms with van der Waals surface area (Å²) < 4.78 is 15.9. The lowest BCUT2D eigenvalue weighted by atomic mass is 10.3. The molecule has 0 aliphatic heterocycles. The molecule has 5 nitrogen and oxygen atoms in total. The Morgan fingerprint density at radius 1 is 1.14 bits per heavy atom. The number of esters is 1. The summed E-state index contributed by atoms with van der Waals surface area (Å²) in [6.45, 7) is 3.83. The number of nitrogens with zero attached hydrogens (tertiary/aromatic N) is 1. The minimum Gasteiger partial charge on any atom is -0.468 e. The maximum absolute atomic E-state index is 11.9. The average molecular weight is 291 g/mol. The van der Waals surface area contributed by atoms with Crippen molar-refractivity contribution < 1.29 is 18.4 Å². The van der Waals surface area contributed by atoms with Crippen LogP contribution in [-0.4, -0.2) is 24.0 Å². The van der Waals surface area contributed by atoms with Gasteiger partial charge in [-0.05, 0) is 30.7 Å². The standard InChI is InChI=1S/C16H21NO4/c1-2-3-8-21-16(18)13-17(11-14-6-4-9-19-14)12-15-7-5-10-20-15/h4-7,9-10H,2-3,8,11-13H2,1H3. The summed E-state index contributed by atoms with van der Waals surface area (Å²) in [6.07, 6.45) is 5.15. The van der Waals surface area contributed by atoms with E-state index in [-0.39, 0.29) is 12.5 Å². The van der Waals surface area contributed by atoms with Gasteiger partial charge < -0.3 is 13.6 Å². The first-order chi connectivity index (χ1) is 10.3. The van der Waals surface area contributed by atoms with Crippen LogP contribution in [-0.2, 0) is 22.6 Å². The highest BCUT2D eigenvalue weighted by Crippen LogP contribution is 2.11. The number of ether oxygens (including phenoxy) is 1. The second kappa shape index (κ2) is 8.32. The molecule has 0 unspecified atom stereocenters. The minimum atomic E-state index is -0.221. The molecule has 0 aliphatic carbocycles. The summed E-state index contributed by atoms with van der Waals surface area (Å²) in [5, 5.41) is 0. The smallest absolute Gasteiger partial charge is 0.320 e. The maximum atomic E-state index is 11.9. The van der Waals surface area contributed by atoms with E-state index in [0.717, 1.165) is 24.4 Å². The van der Waals surface area contributed by atoms with Crippen molar-refractivity contribution in [2.45, 2.75) is 32.9 Å². The molecule has 0 N–H and O–H groups in total. The van der Waals surface area contributed by atoms with E-state index in [2.05, 4.69) is 6.92 Å². The molecule has 0 bridgehead atoms. The molecule has 0 fully saturated rings. The lowest BCUT2D eigenvalue weighted by Crippen LogP contribution is -2.30. The molecule has 2 aromatic rings. The quantitative estimate of drug-likeness (QED) is 0.524. The molecule has 0 aliphatic rings. The van der Waals surface area contributed by atoms with Crippen LogP contribution in [0.3, 0.4) is 0 Å². The second-order valence-corrected chi connectivity index (χ2v) is 4.88. The zero-order valence-electron chi connectivity index (χ0n) is 12.3. The summed E-state index contributed by atoms with van der Waals surface area (Å²) in [4.78, 5) is 13.8. The van der Waals surface area contributed by atoms with E-state index >= 15 is 0 Å². The SMILES string of the molecule is CCCCOC(=O)CN(Cc1ccco1)Cc1ccco1. The van der Waals surface area contributed by atoms with Gasteiger partial charge in [-0.15, -0.1) is 0 Å². The Morgan fingerprint density at radius 3 is 2.24 bits per heavy atom. The van der Waals surface area contributed by atoms with Gasteiger partial charge in [-0.2, -0.15) is 0 Å². The number of hydrogen-bond donors (Lipinski definition) is 0. The van der Waals surface area contributed by atoms with Crippen LogP contribution in [0.1, 0.15) is 31.3 Å². The Balaban J connectivity index is 1.89. The highest BCUT2D eigenvalue weighted by molar-refractivity contribution is 5.71. The lowest BCUT2D eigenvalue weighted by Gasteiger charge is -2.19. The summed E-state index contributed by atoms with van der Waals surface area (Å²) in [5.41, 5.74) is 0. The maximum Gasteiger partial charge on any atom is 0.320 e. The van der Waals surface area contributed by atoms with Crippen LogP contribution >= 0.6 is 0 Å². The number of furan rings is 2. The van der Waals surface area contributed by atoms with Crippen LogP contribution in [0.25, 0.3) is 0 Å². The van der Waals surface area contributed by atoms with Crippen molar-refractivity contribution in [2.24, 2.45) is 0 Å². The van der Waals surface area contributed by atoms with Crippen molar-refractivity contribution in [1.29, 1.82) is 0 Å². The average Bonchev–Trinajstić information content (AvgIpc) is 3.12. The Labute approximate surface area is 124 Å². The Kier molecular flexibility index (Phi) is 6.09. The van der Waals surface area contributed by atoms with E-state index in [1.807, 2.05) is 29.2 Å². The van der Waals surface area contributed by atoms with Gasteiger partial charge in [0, 0.05) is 0 Å². The number of carbonyl (C=O) groups is 1. The molecule has 2 aromatic heterocycles. The molecule has 114 valence electrons. The number of carbonyl (C=O) groups excluding carboxylic acids is 1. The van der Waals surface area contributed by atoms with Crippen LogP contribution in [0.2, 0.25) is 0 Å². The van der Waals surface area contributed by atoms with Crippen molar-refractivity contribution >= 4 is 5.97 Å². The first kappa shape index (κ1) is 15.4. The first-order valence-electron chi connectivity index (χ1n) is 7.20. The highest BCUT2D eigenvalue weighted by Gasteiger charge is 2.15. The van der Waals surface area contributed by atoms with E-state index in [1.54, 1.807) is 12.5 Å². The topological polar surface area (TPSA) is 55.8 Å². The molecule has 2 rings (SSSR count). The zero-order valence-corrected chi connectivity index (χ0v) is 12.3. The van der Waals surface area contributed by atoms with E-state index in [0.29, 0.717) is 19.7 Å². The van der Waals surface area contributed by atoms with Gasteiger partial charge in [0.15, 0.2) is 0 Å². The molecule has 2 heterocycles. The number of hydrogen-bond acceptors (Lipinski definition) is 5. The van der Waals surface area contributed by atoms with Crippen LogP contribution in [0.5, 0.6) is 0 Å². The third-order valence-electron chi connectivity index (χ3n) is 3.03. The molecule has 0 atom stereocenters. The fourth-order valence-electron chi connectivity index (χ4n) is 1.97. The molecule has 0 spiro atoms. The molecule has 0 aromatic carbocycles. The zero-order chi connectivity index (χ0) is 14.9. The van der Waals surface area contributed by atoms with Gasteiger partial charge in [0.2, 0.25) is 0 Å². The van der Waals surface area contributed by atoms with E-state index < -0.39 is 0 Å². The van der Waals surface area contributed by atoms with Crippen molar-refractivity contribution in [2.75, 3.05) is 13.2 Å². The second-order valence-electron chi connectivity index (χ2n) is 4.88. The molecule has 0 radical (unpaired) electrons. The van der Waals surface area contributed by atoms with Crippen molar-refractivity contribution in [3.8, 4) is 0 Å². The summed E-state index contributed by atoms with van der Waals surface area (Å²) >= 11 is 0. The van der Waals surface area contributed by atoms with Gasteiger partial charge in [0.25, 0.3) is 0 Å². The fraction of sp³-hybridized carbons (Fsp3) is 0.438. The van der Waals surface area contributed by atoms with Crippen LogP contribution in [0.4, 0.5) is 0 Å². The number of rotatable bonds is 9. The fourth-order valence-corrected chi connectivity index (χ4v) is 1.97.